The van der Waals surface area contributed by atoms with Gasteiger partial charge in [-0.2, -0.15) is 0 Å². The fourth-order valence-electron chi connectivity index (χ4n) is 3.74. The first-order chi connectivity index (χ1) is 9.78. The Balaban J connectivity index is 1.73. The molecule has 1 N–H and O–H groups in total. The molecule has 0 amide bonds. The third-order valence-corrected chi connectivity index (χ3v) is 4.64. The molecule has 20 heavy (non-hydrogen) atoms. The van der Waals surface area contributed by atoms with Gasteiger partial charge in [0.05, 0.1) is 18.9 Å². The fraction of sp³-hybridized carbons (Fsp3) is 0.667. The van der Waals surface area contributed by atoms with Crippen molar-refractivity contribution in [3.63, 3.8) is 0 Å². The minimum atomic E-state index is -0.00225. The van der Waals surface area contributed by atoms with E-state index >= 15 is 0 Å². The zero-order valence-corrected chi connectivity index (χ0v) is 12.1. The van der Waals surface area contributed by atoms with Crippen molar-refractivity contribution in [2.24, 2.45) is 0 Å². The monoisotopic (exact) mass is 275 g/mol. The van der Waals surface area contributed by atoms with Crippen LogP contribution in [-0.4, -0.2) is 43.9 Å². The maximum absolute atomic E-state index is 5.79. The predicted octanol–water partition coefficient (Wildman–Crippen LogP) is 1.02. The average Bonchev–Trinajstić information content (AvgIpc) is 2.99. The van der Waals surface area contributed by atoms with Crippen molar-refractivity contribution in [3.8, 4) is 0 Å². The van der Waals surface area contributed by atoms with Crippen molar-refractivity contribution in [2.45, 2.75) is 38.1 Å². The molecule has 3 atom stereocenters. The van der Waals surface area contributed by atoms with Crippen LogP contribution in [0.1, 0.15) is 29.8 Å². The van der Waals surface area contributed by atoms with Crippen LogP contribution < -0.4 is 10.2 Å². The third kappa shape index (κ3) is 1.77. The Hall–Kier alpha value is -1.17. The number of hydrogen-bond donors (Lipinski definition) is 1. The van der Waals surface area contributed by atoms with E-state index < -0.39 is 0 Å². The highest BCUT2D eigenvalue weighted by Gasteiger charge is 2.38. The van der Waals surface area contributed by atoms with Gasteiger partial charge < -0.3 is 19.7 Å². The van der Waals surface area contributed by atoms with Crippen molar-refractivity contribution < 1.29 is 9.47 Å². The minimum absolute atomic E-state index is 0.00225. The average molecular weight is 275 g/mol. The lowest BCUT2D eigenvalue weighted by Crippen LogP contribution is -2.55. The van der Waals surface area contributed by atoms with Crippen LogP contribution in [0.2, 0.25) is 0 Å². The first-order valence-corrected chi connectivity index (χ1v) is 7.40. The molecule has 108 valence electrons. The number of pyridine rings is 1. The van der Waals surface area contributed by atoms with Crippen molar-refractivity contribution >= 4 is 5.82 Å². The van der Waals surface area contributed by atoms with Crippen LogP contribution in [0.15, 0.2) is 6.07 Å². The van der Waals surface area contributed by atoms with Crippen LogP contribution in [0.25, 0.3) is 0 Å². The summed E-state index contributed by atoms with van der Waals surface area (Å²) in [7, 11) is 1.71. The Bertz CT molecular complexity index is 534. The van der Waals surface area contributed by atoms with Crippen molar-refractivity contribution in [1.82, 2.24) is 10.3 Å². The summed E-state index contributed by atoms with van der Waals surface area (Å²) in [5.74, 6) is 1.18. The molecule has 0 aromatic carbocycles. The van der Waals surface area contributed by atoms with Crippen LogP contribution in [0.5, 0.6) is 0 Å². The second kappa shape index (κ2) is 4.69. The van der Waals surface area contributed by atoms with Gasteiger partial charge in [0.2, 0.25) is 0 Å². The smallest absolute Gasteiger partial charge is 0.132 e. The molecular formula is C15H21N3O2. The number of fused-ring (bicyclic) bond motifs is 4. The number of nitrogens with one attached hydrogen (secondary N) is 1. The van der Waals surface area contributed by atoms with Crippen molar-refractivity contribution in [1.29, 1.82) is 0 Å². The highest BCUT2D eigenvalue weighted by atomic mass is 16.5. The quantitative estimate of drug-likeness (QED) is 0.873. The molecule has 1 saturated heterocycles. The molecule has 1 aromatic rings. The molecule has 3 aliphatic heterocycles. The lowest BCUT2D eigenvalue weighted by Gasteiger charge is -2.37. The summed E-state index contributed by atoms with van der Waals surface area (Å²) in [4.78, 5) is 7.46. The van der Waals surface area contributed by atoms with E-state index in [2.05, 4.69) is 23.2 Å². The molecule has 0 saturated carbocycles. The van der Waals surface area contributed by atoms with E-state index in [9.17, 15) is 0 Å². The van der Waals surface area contributed by atoms with Crippen LogP contribution in [0.3, 0.4) is 0 Å². The number of ether oxygens (including phenoxy) is 2. The summed E-state index contributed by atoms with van der Waals surface area (Å²) in [5, 5.41) is 3.51. The van der Waals surface area contributed by atoms with Gasteiger partial charge in [0.15, 0.2) is 0 Å². The number of methoxy groups -OCH3 is 1. The number of rotatable bonds is 2. The number of hydrogen-bond acceptors (Lipinski definition) is 5. The van der Waals surface area contributed by atoms with Gasteiger partial charge in [-0.3, -0.25) is 0 Å². The summed E-state index contributed by atoms with van der Waals surface area (Å²) in [6, 6.07) is 3.37. The maximum Gasteiger partial charge on any atom is 0.132 e. The Labute approximate surface area is 119 Å². The first kappa shape index (κ1) is 12.6. The maximum atomic E-state index is 5.79. The first-order valence-electron chi connectivity index (χ1n) is 7.40. The number of aromatic nitrogens is 1. The molecule has 0 unspecified atom stereocenters. The standard InChI is InChI=1S/C15H21N3O2/c1-9-5-16-6-12-4-10-3-11-7-20-13(8-19-2)14(11)17-15(10)18(9)12/h3,9,12-13,16H,4-8H2,1-2H3/t9-,12-,13+/m1/s1. The number of anilines is 1. The normalized spacial score (nSPS) is 31.1. The molecular weight excluding hydrogens is 254 g/mol. The molecule has 1 aromatic heterocycles. The second-order valence-electron chi connectivity index (χ2n) is 6.04. The topological polar surface area (TPSA) is 46.6 Å². The third-order valence-electron chi connectivity index (χ3n) is 4.64. The zero-order chi connectivity index (χ0) is 13.7. The van der Waals surface area contributed by atoms with Crippen LogP contribution >= 0.6 is 0 Å². The number of nitrogens with zero attached hydrogens (tertiary/aromatic N) is 2. The van der Waals surface area contributed by atoms with E-state index in [1.165, 1.54) is 16.9 Å². The lowest BCUT2D eigenvalue weighted by molar-refractivity contribution is 0.00551. The van der Waals surface area contributed by atoms with Crippen LogP contribution in [-0.2, 0) is 22.5 Å². The Morgan fingerprint density at radius 1 is 1.45 bits per heavy atom. The summed E-state index contributed by atoms with van der Waals surface area (Å²) in [6.45, 7) is 5.61. The molecule has 0 bridgehead atoms. The van der Waals surface area contributed by atoms with Crippen molar-refractivity contribution in [3.05, 3.63) is 22.9 Å². The number of piperazine rings is 1. The van der Waals surface area contributed by atoms with E-state index in [4.69, 9.17) is 14.5 Å². The summed E-state index contributed by atoms with van der Waals surface area (Å²) < 4.78 is 11.0. The molecule has 5 nitrogen and oxygen atoms in total. The second-order valence-corrected chi connectivity index (χ2v) is 6.04. The van der Waals surface area contributed by atoms with Crippen LogP contribution in [0, 0.1) is 0 Å². The minimum Gasteiger partial charge on any atom is -0.382 e. The summed E-state index contributed by atoms with van der Waals surface area (Å²) in [5.41, 5.74) is 3.70. The predicted molar refractivity (Wildman–Crippen MR) is 75.9 cm³/mol. The molecule has 4 rings (SSSR count). The SMILES string of the molecule is COC[C@@H]1OCc2cc3c(nc21)N1[C@@H](CNC[C@H]1C)C3. The van der Waals surface area contributed by atoms with E-state index in [-0.39, 0.29) is 6.10 Å². The Morgan fingerprint density at radius 3 is 3.20 bits per heavy atom. The molecule has 5 heteroatoms. The van der Waals surface area contributed by atoms with Gasteiger partial charge in [0, 0.05) is 37.8 Å². The van der Waals surface area contributed by atoms with E-state index in [1.807, 2.05) is 0 Å². The van der Waals surface area contributed by atoms with Gasteiger partial charge in [-0.25, -0.2) is 4.98 Å². The molecule has 0 spiro atoms. The van der Waals surface area contributed by atoms with Gasteiger partial charge >= 0.3 is 0 Å². The Kier molecular flexibility index (Phi) is 2.94. The molecule has 4 heterocycles. The van der Waals surface area contributed by atoms with Gasteiger partial charge in [0.25, 0.3) is 0 Å². The highest BCUT2D eigenvalue weighted by molar-refractivity contribution is 5.58. The van der Waals surface area contributed by atoms with Crippen LogP contribution in [0.4, 0.5) is 5.82 Å². The molecule has 0 aliphatic carbocycles. The van der Waals surface area contributed by atoms with Crippen molar-refractivity contribution in [2.75, 3.05) is 31.7 Å². The largest absolute Gasteiger partial charge is 0.382 e. The van der Waals surface area contributed by atoms with Gasteiger partial charge in [-0.1, -0.05) is 0 Å². The van der Waals surface area contributed by atoms with Gasteiger partial charge in [-0.15, -0.1) is 0 Å². The molecule has 1 fully saturated rings. The summed E-state index contributed by atoms with van der Waals surface area (Å²) >= 11 is 0. The fourth-order valence-corrected chi connectivity index (χ4v) is 3.74. The van der Waals surface area contributed by atoms with E-state index in [0.29, 0.717) is 25.3 Å². The molecule has 3 aliphatic rings. The Morgan fingerprint density at radius 2 is 2.35 bits per heavy atom. The molecule has 0 radical (unpaired) electrons. The van der Waals surface area contributed by atoms with Gasteiger partial charge in [-0.05, 0) is 25.0 Å². The summed E-state index contributed by atoms with van der Waals surface area (Å²) in [6.07, 6.45) is 1.10. The highest BCUT2D eigenvalue weighted by Crippen LogP contribution is 2.39. The van der Waals surface area contributed by atoms with Gasteiger partial charge in [0.1, 0.15) is 11.9 Å². The van der Waals surface area contributed by atoms with E-state index in [0.717, 1.165) is 25.2 Å². The van der Waals surface area contributed by atoms with E-state index in [1.54, 1.807) is 7.11 Å². The lowest BCUT2D eigenvalue weighted by atomic mass is 10.1. The zero-order valence-electron chi connectivity index (χ0n) is 12.1.